The normalized spacial score (nSPS) is 15.7. The third-order valence-electron chi connectivity index (χ3n) is 3.18. The Labute approximate surface area is 113 Å². The van der Waals surface area contributed by atoms with Gasteiger partial charge in [0, 0.05) is 6.54 Å². The van der Waals surface area contributed by atoms with Crippen molar-refractivity contribution in [2.24, 2.45) is 5.73 Å². The Hall–Kier alpha value is -1.75. The van der Waals surface area contributed by atoms with Gasteiger partial charge in [0.05, 0.1) is 19.3 Å². The first-order valence-electron chi connectivity index (χ1n) is 6.48. The second-order valence-electron chi connectivity index (χ2n) is 4.79. The van der Waals surface area contributed by atoms with Gasteiger partial charge in [-0.25, -0.2) is 0 Å². The molecular formula is C14H20N2O3. The van der Waals surface area contributed by atoms with Crippen molar-refractivity contribution >= 4 is 5.91 Å². The maximum Gasteiger partial charge on any atom is 0.240 e. The van der Waals surface area contributed by atoms with Crippen molar-refractivity contribution in [1.82, 2.24) is 5.32 Å². The number of hydrogen-bond donors (Lipinski definition) is 2. The minimum absolute atomic E-state index is 0.0445. The van der Waals surface area contributed by atoms with Crippen molar-refractivity contribution in [3.8, 4) is 11.5 Å². The predicted octanol–water partition coefficient (Wildman–Crippen LogP) is 1.07. The van der Waals surface area contributed by atoms with E-state index in [0.717, 1.165) is 30.8 Å². The van der Waals surface area contributed by atoms with Crippen LogP contribution in [0, 0.1) is 0 Å². The topological polar surface area (TPSA) is 73.6 Å². The minimum Gasteiger partial charge on any atom is -0.497 e. The maximum absolute atomic E-state index is 11.5. The summed E-state index contributed by atoms with van der Waals surface area (Å²) in [6.45, 7) is 1.15. The van der Waals surface area contributed by atoms with Gasteiger partial charge in [-0.15, -0.1) is 0 Å². The van der Waals surface area contributed by atoms with Crippen molar-refractivity contribution in [2.75, 3.05) is 20.3 Å². The van der Waals surface area contributed by atoms with E-state index in [0.29, 0.717) is 13.2 Å². The Morgan fingerprint density at radius 2 is 1.95 bits per heavy atom. The first kappa shape index (κ1) is 13.7. The Kier molecular flexibility index (Phi) is 4.27. The van der Waals surface area contributed by atoms with Crippen molar-refractivity contribution in [3.05, 3.63) is 24.3 Å². The van der Waals surface area contributed by atoms with E-state index in [2.05, 4.69) is 5.32 Å². The standard InChI is InChI=1S/C14H20N2O3/c1-18-11-3-5-12(6-4-11)19-10-2-9-16-13(17)14(15)7-8-14/h3-6H,2,7-10,15H2,1H3,(H,16,17). The third kappa shape index (κ3) is 3.86. The lowest BCUT2D eigenvalue weighted by molar-refractivity contribution is -0.123. The molecule has 0 atom stereocenters. The smallest absolute Gasteiger partial charge is 0.240 e. The summed E-state index contributed by atoms with van der Waals surface area (Å²) in [7, 11) is 1.63. The average Bonchev–Trinajstić information content (AvgIpc) is 3.18. The molecule has 0 saturated heterocycles. The van der Waals surface area contributed by atoms with Gasteiger partial charge in [0.1, 0.15) is 11.5 Å². The van der Waals surface area contributed by atoms with E-state index in [1.807, 2.05) is 24.3 Å². The summed E-state index contributed by atoms with van der Waals surface area (Å²) in [5.74, 6) is 1.55. The first-order valence-corrected chi connectivity index (χ1v) is 6.48. The molecule has 1 amide bonds. The maximum atomic E-state index is 11.5. The van der Waals surface area contributed by atoms with Gasteiger partial charge >= 0.3 is 0 Å². The van der Waals surface area contributed by atoms with Crippen LogP contribution in [0.2, 0.25) is 0 Å². The quantitative estimate of drug-likeness (QED) is 0.723. The molecule has 5 heteroatoms. The Bertz CT molecular complexity index is 427. The number of nitrogens with two attached hydrogens (primary N) is 1. The number of hydrogen-bond acceptors (Lipinski definition) is 4. The van der Waals surface area contributed by atoms with E-state index in [1.54, 1.807) is 7.11 Å². The van der Waals surface area contributed by atoms with Crippen LogP contribution in [-0.4, -0.2) is 31.7 Å². The second-order valence-corrected chi connectivity index (χ2v) is 4.79. The van der Waals surface area contributed by atoms with Gasteiger partial charge in [0.15, 0.2) is 0 Å². The zero-order valence-corrected chi connectivity index (χ0v) is 11.1. The highest BCUT2D eigenvalue weighted by Crippen LogP contribution is 2.31. The molecule has 1 saturated carbocycles. The summed E-state index contributed by atoms with van der Waals surface area (Å²) in [5.41, 5.74) is 5.18. The van der Waals surface area contributed by atoms with Crippen molar-refractivity contribution in [1.29, 1.82) is 0 Å². The summed E-state index contributed by atoms with van der Waals surface area (Å²) >= 11 is 0. The van der Waals surface area contributed by atoms with Gasteiger partial charge in [-0.2, -0.15) is 0 Å². The number of rotatable bonds is 7. The van der Waals surface area contributed by atoms with Crippen LogP contribution in [0.5, 0.6) is 11.5 Å². The molecule has 1 aliphatic carbocycles. The molecule has 0 unspecified atom stereocenters. The number of benzene rings is 1. The highest BCUT2D eigenvalue weighted by molar-refractivity contribution is 5.88. The zero-order valence-electron chi connectivity index (χ0n) is 11.1. The fourth-order valence-electron chi connectivity index (χ4n) is 1.67. The first-order chi connectivity index (χ1) is 9.14. The van der Waals surface area contributed by atoms with Gasteiger partial charge < -0.3 is 20.5 Å². The lowest BCUT2D eigenvalue weighted by Gasteiger charge is -2.10. The van der Waals surface area contributed by atoms with Crippen molar-refractivity contribution in [2.45, 2.75) is 24.8 Å². The average molecular weight is 264 g/mol. The zero-order chi connectivity index (χ0) is 13.7. The van der Waals surface area contributed by atoms with Crippen molar-refractivity contribution < 1.29 is 14.3 Å². The summed E-state index contributed by atoms with van der Waals surface area (Å²) in [6, 6.07) is 7.41. The molecule has 3 N–H and O–H groups in total. The summed E-state index contributed by atoms with van der Waals surface area (Å²) in [4.78, 5) is 11.5. The van der Waals surface area contributed by atoms with Crippen LogP contribution in [0.1, 0.15) is 19.3 Å². The van der Waals surface area contributed by atoms with Crippen molar-refractivity contribution in [3.63, 3.8) is 0 Å². The number of carbonyl (C=O) groups excluding carboxylic acids is 1. The molecule has 0 spiro atoms. The molecule has 1 aromatic rings. The molecule has 5 nitrogen and oxygen atoms in total. The van der Waals surface area contributed by atoms with Gasteiger partial charge in [0.25, 0.3) is 0 Å². The molecule has 1 aliphatic rings. The number of ether oxygens (including phenoxy) is 2. The lowest BCUT2D eigenvalue weighted by atomic mass is 10.2. The highest BCUT2D eigenvalue weighted by Gasteiger charge is 2.45. The molecule has 19 heavy (non-hydrogen) atoms. The number of nitrogens with one attached hydrogen (secondary N) is 1. The molecule has 2 rings (SSSR count). The fraction of sp³-hybridized carbons (Fsp3) is 0.500. The van der Waals surface area contributed by atoms with Crippen LogP contribution in [-0.2, 0) is 4.79 Å². The number of carbonyl (C=O) groups is 1. The molecule has 0 radical (unpaired) electrons. The summed E-state index contributed by atoms with van der Waals surface area (Å²) in [6.07, 6.45) is 2.34. The van der Waals surface area contributed by atoms with Crippen LogP contribution in [0.4, 0.5) is 0 Å². The largest absolute Gasteiger partial charge is 0.497 e. The van der Waals surface area contributed by atoms with Crippen LogP contribution in [0.15, 0.2) is 24.3 Å². The van der Waals surface area contributed by atoms with Crippen LogP contribution in [0.25, 0.3) is 0 Å². The molecular weight excluding hydrogens is 244 g/mol. The summed E-state index contributed by atoms with van der Waals surface area (Å²) in [5, 5.41) is 2.83. The van der Waals surface area contributed by atoms with Gasteiger partial charge in [-0.3, -0.25) is 4.79 Å². The van der Waals surface area contributed by atoms with Gasteiger partial charge in [-0.1, -0.05) is 0 Å². The SMILES string of the molecule is COc1ccc(OCCCNC(=O)C2(N)CC2)cc1. The van der Waals surface area contributed by atoms with E-state index < -0.39 is 5.54 Å². The highest BCUT2D eigenvalue weighted by atomic mass is 16.5. The Balaban J connectivity index is 1.59. The molecule has 104 valence electrons. The third-order valence-corrected chi connectivity index (χ3v) is 3.18. The molecule has 0 bridgehead atoms. The number of methoxy groups -OCH3 is 1. The molecule has 1 aromatic carbocycles. The minimum atomic E-state index is -0.586. The molecule has 0 heterocycles. The van der Waals surface area contributed by atoms with E-state index in [-0.39, 0.29) is 5.91 Å². The van der Waals surface area contributed by atoms with Crippen LogP contribution < -0.4 is 20.5 Å². The van der Waals surface area contributed by atoms with Gasteiger partial charge in [-0.05, 0) is 43.5 Å². The van der Waals surface area contributed by atoms with Crippen LogP contribution >= 0.6 is 0 Å². The monoisotopic (exact) mass is 264 g/mol. The van der Waals surface area contributed by atoms with E-state index >= 15 is 0 Å². The lowest BCUT2D eigenvalue weighted by Crippen LogP contribution is -2.43. The molecule has 0 aliphatic heterocycles. The van der Waals surface area contributed by atoms with Gasteiger partial charge in [0.2, 0.25) is 5.91 Å². The fourth-order valence-corrected chi connectivity index (χ4v) is 1.67. The molecule has 1 fully saturated rings. The Morgan fingerprint density at radius 3 is 2.53 bits per heavy atom. The predicted molar refractivity (Wildman–Crippen MR) is 72.3 cm³/mol. The van der Waals surface area contributed by atoms with Crippen LogP contribution in [0.3, 0.4) is 0 Å². The molecule has 0 aromatic heterocycles. The van der Waals surface area contributed by atoms with E-state index in [4.69, 9.17) is 15.2 Å². The second kappa shape index (κ2) is 5.93. The Morgan fingerprint density at radius 1 is 1.32 bits per heavy atom. The summed E-state index contributed by atoms with van der Waals surface area (Å²) < 4.78 is 10.6. The van der Waals surface area contributed by atoms with E-state index in [1.165, 1.54) is 0 Å². The number of amides is 1. The van der Waals surface area contributed by atoms with E-state index in [9.17, 15) is 4.79 Å².